The Bertz CT molecular complexity index is 904. The lowest BCUT2D eigenvalue weighted by molar-refractivity contribution is -0.164. The number of methoxy groups -OCH3 is 1. The maximum Gasteiger partial charge on any atom is 0.343 e. The molecule has 4 aliphatic carbocycles. The van der Waals surface area contributed by atoms with Gasteiger partial charge in [-0.25, -0.2) is 4.79 Å². The number of halogens is 1. The maximum atomic E-state index is 13.6. The summed E-state index contributed by atoms with van der Waals surface area (Å²) in [5, 5.41) is 10.7. The van der Waals surface area contributed by atoms with Crippen molar-refractivity contribution in [3.63, 3.8) is 0 Å². The number of aliphatic hydroxyl groups is 1. The molecule has 1 N–H and O–H groups in total. The van der Waals surface area contributed by atoms with Crippen LogP contribution in [-0.4, -0.2) is 54.3 Å². The molecular weight excluding hydrogens is 430 g/mol. The number of ether oxygens (including phenoxy) is 2. The molecule has 1 amide bonds. The highest BCUT2D eigenvalue weighted by molar-refractivity contribution is 6.31. The summed E-state index contributed by atoms with van der Waals surface area (Å²) in [5.74, 6) is 1.56. The van der Waals surface area contributed by atoms with Gasteiger partial charge in [0.1, 0.15) is 5.75 Å². The van der Waals surface area contributed by atoms with Gasteiger partial charge in [-0.2, -0.15) is 0 Å². The fourth-order valence-electron chi connectivity index (χ4n) is 7.55. The number of carbonyl (C=O) groups is 2. The molecule has 1 heterocycles. The highest BCUT2D eigenvalue weighted by atomic mass is 35.5. The van der Waals surface area contributed by atoms with E-state index in [0.29, 0.717) is 29.0 Å². The van der Waals surface area contributed by atoms with Crippen molar-refractivity contribution in [3.05, 3.63) is 28.8 Å². The topological polar surface area (TPSA) is 76.1 Å². The van der Waals surface area contributed by atoms with Crippen molar-refractivity contribution in [2.75, 3.05) is 26.9 Å². The summed E-state index contributed by atoms with van der Waals surface area (Å²) < 4.78 is 9.99. The molecule has 4 saturated carbocycles. The minimum absolute atomic E-state index is 0.0335. The van der Waals surface area contributed by atoms with E-state index in [4.69, 9.17) is 16.3 Å². The van der Waals surface area contributed by atoms with Gasteiger partial charge in [-0.1, -0.05) is 17.7 Å². The van der Waals surface area contributed by atoms with E-state index < -0.39 is 5.97 Å². The van der Waals surface area contributed by atoms with Crippen LogP contribution < -0.4 is 4.74 Å². The van der Waals surface area contributed by atoms with Crippen molar-refractivity contribution in [3.8, 4) is 5.75 Å². The molecule has 5 fully saturated rings. The third-order valence-corrected chi connectivity index (χ3v) is 8.80. The Morgan fingerprint density at radius 3 is 2.66 bits per heavy atom. The van der Waals surface area contributed by atoms with Gasteiger partial charge in [0.2, 0.25) is 5.91 Å². The molecule has 1 aromatic rings. The average Bonchev–Trinajstić information content (AvgIpc) is 3.13. The summed E-state index contributed by atoms with van der Waals surface area (Å²) in [7, 11) is 1.32. The number of esters is 1. The number of rotatable bonds is 7. The Morgan fingerprint density at radius 1 is 1.25 bits per heavy atom. The zero-order chi connectivity index (χ0) is 22.5. The molecule has 6 nitrogen and oxygen atoms in total. The zero-order valence-corrected chi connectivity index (χ0v) is 19.4. The molecule has 1 saturated heterocycles. The molecule has 3 unspecified atom stereocenters. The van der Waals surface area contributed by atoms with E-state index in [-0.39, 0.29) is 36.0 Å². The third kappa shape index (κ3) is 3.79. The Labute approximate surface area is 194 Å². The third-order valence-electron chi connectivity index (χ3n) is 8.45. The van der Waals surface area contributed by atoms with Crippen LogP contribution in [0.25, 0.3) is 0 Å². The first kappa shape index (κ1) is 22.0. The molecule has 1 aliphatic heterocycles. The molecule has 6 rings (SSSR count). The number of hydrogen-bond acceptors (Lipinski definition) is 5. The van der Waals surface area contributed by atoms with Gasteiger partial charge in [-0.3, -0.25) is 4.79 Å². The minimum atomic E-state index is -0.450. The monoisotopic (exact) mass is 461 g/mol. The van der Waals surface area contributed by atoms with Gasteiger partial charge in [0.15, 0.2) is 6.61 Å². The van der Waals surface area contributed by atoms with Crippen LogP contribution in [0.15, 0.2) is 18.2 Å². The normalized spacial score (nSPS) is 35.4. The Hall–Kier alpha value is -1.79. The number of carbonyl (C=O) groups excluding carboxylic acids is 2. The second-order valence-corrected chi connectivity index (χ2v) is 11.0. The Balaban J connectivity index is 1.27. The lowest BCUT2D eigenvalue weighted by Crippen LogP contribution is -2.64. The number of likely N-dealkylation sites (tertiary alicyclic amines) is 1. The first-order chi connectivity index (χ1) is 15.4. The molecule has 0 aromatic heterocycles. The van der Waals surface area contributed by atoms with Gasteiger partial charge in [-0.15, -0.1) is 0 Å². The van der Waals surface area contributed by atoms with E-state index in [9.17, 15) is 14.7 Å². The first-order valence-electron chi connectivity index (χ1n) is 11.8. The molecular formula is C25H32ClNO5. The van der Waals surface area contributed by atoms with E-state index in [0.717, 1.165) is 50.6 Å². The van der Waals surface area contributed by atoms with Gasteiger partial charge in [0.25, 0.3) is 0 Å². The SMILES string of the molecule is COC(=O)COc1ccc(CC2CCN(C34CC5CC(CC(CO)(C5)C3)C4)C2=O)c(Cl)c1. The van der Waals surface area contributed by atoms with Crippen LogP contribution in [-0.2, 0) is 20.7 Å². The van der Waals surface area contributed by atoms with Crippen molar-refractivity contribution >= 4 is 23.5 Å². The predicted molar refractivity (Wildman–Crippen MR) is 119 cm³/mol. The molecule has 3 atom stereocenters. The van der Waals surface area contributed by atoms with E-state index in [2.05, 4.69) is 9.64 Å². The van der Waals surface area contributed by atoms with Crippen molar-refractivity contribution in [1.29, 1.82) is 0 Å². The van der Waals surface area contributed by atoms with E-state index >= 15 is 0 Å². The molecule has 32 heavy (non-hydrogen) atoms. The second-order valence-electron chi connectivity index (χ2n) is 10.6. The van der Waals surface area contributed by atoms with Crippen LogP contribution in [0, 0.1) is 23.2 Å². The fraction of sp³-hybridized carbons (Fsp3) is 0.680. The summed E-state index contributed by atoms with van der Waals surface area (Å²) >= 11 is 6.49. The van der Waals surface area contributed by atoms with Gasteiger partial charge in [0.05, 0.1) is 7.11 Å². The number of amides is 1. The Kier molecular flexibility index (Phi) is 5.65. The van der Waals surface area contributed by atoms with Crippen LogP contribution in [0.3, 0.4) is 0 Å². The quantitative estimate of drug-likeness (QED) is 0.628. The number of aliphatic hydroxyl groups excluding tert-OH is 1. The van der Waals surface area contributed by atoms with Crippen LogP contribution in [0.5, 0.6) is 5.75 Å². The van der Waals surface area contributed by atoms with Crippen molar-refractivity contribution < 1.29 is 24.2 Å². The lowest BCUT2D eigenvalue weighted by Gasteiger charge is -2.64. The molecule has 5 aliphatic rings. The molecule has 7 heteroatoms. The van der Waals surface area contributed by atoms with Crippen LogP contribution in [0.2, 0.25) is 5.02 Å². The molecule has 0 radical (unpaired) electrons. The predicted octanol–water partition coefficient (Wildman–Crippen LogP) is 3.61. The summed E-state index contributed by atoms with van der Waals surface area (Å²) in [6.45, 7) is 0.900. The Morgan fingerprint density at radius 2 is 2.00 bits per heavy atom. The van der Waals surface area contributed by atoms with Gasteiger partial charge < -0.3 is 19.5 Å². The van der Waals surface area contributed by atoms with Gasteiger partial charge >= 0.3 is 5.97 Å². The van der Waals surface area contributed by atoms with Crippen molar-refractivity contribution in [2.24, 2.45) is 23.2 Å². The highest BCUT2D eigenvalue weighted by Crippen LogP contribution is 2.63. The van der Waals surface area contributed by atoms with Crippen LogP contribution in [0.1, 0.15) is 50.5 Å². The highest BCUT2D eigenvalue weighted by Gasteiger charge is 2.61. The van der Waals surface area contributed by atoms with Gasteiger partial charge in [0, 0.05) is 29.6 Å². The molecule has 4 bridgehead atoms. The fourth-order valence-corrected chi connectivity index (χ4v) is 7.80. The second kappa shape index (κ2) is 8.21. The first-order valence-corrected chi connectivity index (χ1v) is 12.1. The standard InChI is InChI=1S/C25H32ClNO5/c1-31-22(29)13-32-20-3-2-18(21(26)8-20)7-19-4-5-27(23(19)30)25-11-16-6-17(12-25)10-24(9-16,14-25)15-28/h2-3,8,16-17,19,28H,4-7,9-15H2,1H3. The van der Waals surface area contributed by atoms with Crippen molar-refractivity contribution in [1.82, 2.24) is 4.90 Å². The molecule has 1 aromatic carbocycles. The van der Waals surface area contributed by atoms with E-state index in [1.165, 1.54) is 13.5 Å². The number of nitrogens with zero attached hydrogens (tertiary/aromatic N) is 1. The summed E-state index contributed by atoms with van der Waals surface area (Å²) in [5.41, 5.74) is 0.912. The van der Waals surface area contributed by atoms with E-state index in [1.54, 1.807) is 12.1 Å². The maximum absolute atomic E-state index is 13.6. The zero-order valence-electron chi connectivity index (χ0n) is 18.6. The summed E-state index contributed by atoms with van der Waals surface area (Å²) in [6.07, 6.45) is 8.18. The van der Waals surface area contributed by atoms with Gasteiger partial charge in [-0.05, 0) is 86.3 Å². The van der Waals surface area contributed by atoms with Crippen molar-refractivity contribution in [2.45, 2.75) is 56.9 Å². The van der Waals surface area contributed by atoms with E-state index in [1.807, 2.05) is 6.07 Å². The smallest absolute Gasteiger partial charge is 0.343 e. The average molecular weight is 462 g/mol. The summed E-state index contributed by atoms with van der Waals surface area (Å²) in [6, 6.07) is 5.36. The number of hydrogen-bond donors (Lipinski definition) is 1. The molecule has 174 valence electrons. The minimum Gasteiger partial charge on any atom is -0.482 e. The lowest BCUT2D eigenvalue weighted by atomic mass is 9.46. The molecule has 0 spiro atoms. The largest absolute Gasteiger partial charge is 0.482 e. The number of benzene rings is 1. The van der Waals surface area contributed by atoms with Crippen LogP contribution in [0.4, 0.5) is 0 Å². The van der Waals surface area contributed by atoms with Crippen LogP contribution >= 0.6 is 11.6 Å². The summed E-state index contributed by atoms with van der Waals surface area (Å²) in [4.78, 5) is 27.0.